The van der Waals surface area contributed by atoms with E-state index in [1.807, 2.05) is 4.90 Å². The Bertz CT molecular complexity index is 293. The van der Waals surface area contributed by atoms with Crippen molar-refractivity contribution in [3.8, 4) is 0 Å². The molecule has 0 unspecified atom stereocenters. The number of hydrogen-bond acceptors (Lipinski definition) is 4. The average Bonchev–Trinajstić information content (AvgIpc) is 2.49. The zero-order valence-electron chi connectivity index (χ0n) is 13.2. The first-order chi connectivity index (χ1) is 10.1. The van der Waals surface area contributed by atoms with Crippen molar-refractivity contribution in [2.24, 2.45) is 0 Å². The molecule has 4 nitrogen and oxygen atoms in total. The van der Waals surface area contributed by atoms with Gasteiger partial charge in [0, 0.05) is 31.2 Å². The van der Waals surface area contributed by atoms with Crippen molar-refractivity contribution in [1.29, 1.82) is 0 Å². The second-order valence-corrected chi connectivity index (χ2v) is 6.31. The summed E-state index contributed by atoms with van der Waals surface area (Å²) in [5, 5.41) is 3.69. The molecule has 1 N–H and O–H groups in total. The van der Waals surface area contributed by atoms with Crippen LogP contribution in [-0.4, -0.2) is 80.3 Å². The first-order valence-corrected chi connectivity index (χ1v) is 8.14. The van der Waals surface area contributed by atoms with Crippen molar-refractivity contribution in [3.05, 3.63) is 0 Å². The minimum atomic E-state index is -2.21. The van der Waals surface area contributed by atoms with Gasteiger partial charge in [-0.1, -0.05) is 0 Å². The highest BCUT2D eigenvalue weighted by atomic mass is 19.3. The Morgan fingerprint density at radius 2 is 1.71 bits per heavy atom. The van der Waals surface area contributed by atoms with Crippen LogP contribution < -0.4 is 5.32 Å². The molecule has 0 radical (unpaired) electrons. The van der Waals surface area contributed by atoms with Gasteiger partial charge >= 0.3 is 0 Å². The fraction of sp³-hybridized carbons (Fsp3) is 1.00. The maximum atomic E-state index is 12.4. The molecule has 2 heterocycles. The Morgan fingerprint density at radius 1 is 1.10 bits per heavy atom. The van der Waals surface area contributed by atoms with E-state index in [1.165, 1.54) is 0 Å². The largest absolute Gasteiger partial charge is 0.379 e. The third kappa shape index (κ3) is 5.43. The van der Waals surface area contributed by atoms with Gasteiger partial charge in [-0.15, -0.1) is 0 Å². The molecule has 0 aromatic carbocycles. The summed E-state index contributed by atoms with van der Waals surface area (Å²) < 4.78 is 30.1. The average molecular weight is 305 g/mol. The molecule has 0 aromatic rings. The highest BCUT2D eigenvalue weighted by Crippen LogP contribution is 2.14. The minimum absolute atomic E-state index is 0.0769. The second kappa shape index (κ2) is 8.36. The standard InChI is InChI=1S/C15H29F2N3O/c1-12(13(2)20-7-9-21-10-8-20)18-14-3-5-19(6-4-14)11-15(16)17/h12-15,18H,3-11H2,1-2H3/t12-,13-/m0/s1. The smallest absolute Gasteiger partial charge is 0.251 e. The van der Waals surface area contributed by atoms with E-state index in [1.54, 1.807) is 0 Å². The zero-order valence-corrected chi connectivity index (χ0v) is 13.2. The van der Waals surface area contributed by atoms with E-state index in [9.17, 15) is 8.78 Å². The van der Waals surface area contributed by atoms with Crippen LogP contribution in [0.5, 0.6) is 0 Å². The van der Waals surface area contributed by atoms with Gasteiger partial charge in [-0.3, -0.25) is 9.80 Å². The Hall–Kier alpha value is -0.300. The van der Waals surface area contributed by atoms with E-state index in [0.717, 1.165) is 52.2 Å². The van der Waals surface area contributed by atoms with Crippen LogP contribution in [0.4, 0.5) is 8.78 Å². The molecule has 2 aliphatic heterocycles. The normalized spacial score (nSPS) is 26.1. The van der Waals surface area contributed by atoms with Gasteiger partial charge in [-0.2, -0.15) is 0 Å². The number of rotatable bonds is 6. The van der Waals surface area contributed by atoms with Crippen LogP contribution in [0.25, 0.3) is 0 Å². The number of alkyl halides is 2. The van der Waals surface area contributed by atoms with Gasteiger partial charge in [-0.25, -0.2) is 8.78 Å². The van der Waals surface area contributed by atoms with Crippen LogP contribution in [0, 0.1) is 0 Å². The van der Waals surface area contributed by atoms with E-state index in [4.69, 9.17) is 4.74 Å². The van der Waals surface area contributed by atoms with Crippen molar-refractivity contribution in [2.45, 2.75) is 51.2 Å². The number of nitrogens with zero attached hydrogens (tertiary/aromatic N) is 2. The molecule has 0 bridgehead atoms. The van der Waals surface area contributed by atoms with Crippen LogP contribution in [-0.2, 0) is 4.74 Å². The number of halogens is 2. The third-order valence-electron chi connectivity index (χ3n) is 4.83. The molecule has 0 aromatic heterocycles. The Labute approximate surface area is 126 Å². The molecule has 6 heteroatoms. The first-order valence-electron chi connectivity index (χ1n) is 8.14. The van der Waals surface area contributed by atoms with Crippen molar-refractivity contribution in [1.82, 2.24) is 15.1 Å². The quantitative estimate of drug-likeness (QED) is 0.803. The zero-order chi connectivity index (χ0) is 15.2. The molecule has 2 aliphatic rings. The lowest BCUT2D eigenvalue weighted by Crippen LogP contribution is -2.54. The summed E-state index contributed by atoms with van der Waals surface area (Å²) in [6, 6.07) is 1.35. The van der Waals surface area contributed by atoms with Gasteiger partial charge in [0.1, 0.15) is 0 Å². The molecule has 2 saturated heterocycles. The van der Waals surface area contributed by atoms with Crippen molar-refractivity contribution < 1.29 is 13.5 Å². The van der Waals surface area contributed by atoms with E-state index < -0.39 is 6.43 Å². The monoisotopic (exact) mass is 305 g/mol. The van der Waals surface area contributed by atoms with E-state index in [-0.39, 0.29) is 6.54 Å². The fourth-order valence-electron chi connectivity index (χ4n) is 3.29. The Morgan fingerprint density at radius 3 is 2.29 bits per heavy atom. The third-order valence-corrected chi connectivity index (χ3v) is 4.83. The van der Waals surface area contributed by atoms with E-state index in [0.29, 0.717) is 18.1 Å². The minimum Gasteiger partial charge on any atom is -0.379 e. The number of hydrogen-bond donors (Lipinski definition) is 1. The highest BCUT2D eigenvalue weighted by molar-refractivity contribution is 4.85. The molecular formula is C15H29F2N3O. The number of likely N-dealkylation sites (tertiary alicyclic amines) is 1. The molecule has 0 aliphatic carbocycles. The highest BCUT2D eigenvalue weighted by Gasteiger charge is 2.26. The molecule has 0 amide bonds. The van der Waals surface area contributed by atoms with Crippen LogP contribution in [0.2, 0.25) is 0 Å². The van der Waals surface area contributed by atoms with Crippen molar-refractivity contribution in [3.63, 3.8) is 0 Å². The lowest BCUT2D eigenvalue weighted by Gasteiger charge is -2.39. The van der Waals surface area contributed by atoms with Gasteiger partial charge in [0.05, 0.1) is 19.8 Å². The fourth-order valence-corrected chi connectivity index (χ4v) is 3.29. The van der Waals surface area contributed by atoms with Gasteiger partial charge in [0.2, 0.25) is 0 Å². The van der Waals surface area contributed by atoms with Crippen LogP contribution in [0.15, 0.2) is 0 Å². The molecule has 2 rings (SSSR count). The van der Waals surface area contributed by atoms with Gasteiger partial charge in [-0.05, 0) is 39.8 Å². The van der Waals surface area contributed by atoms with Gasteiger partial charge in [0.25, 0.3) is 6.43 Å². The predicted molar refractivity (Wildman–Crippen MR) is 79.9 cm³/mol. The number of piperidine rings is 1. The lowest BCUT2D eigenvalue weighted by atomic mass is 10.0. The first kappa shape index (κ1) is 17.1. The van der Waals surface area contributed by atoms with Crippen LogP contribution in [0.3, 0.4) is 0 Å². The number of ether oxygens (including phenoxy) is 1. The summed E-state index contributed by atoms with van der Waals surface area (Å²) in [6.45, 7) is 9.61. The summed E-state index contributed by atoms with van der Waals surface area (Å²) in [5.41, 5.74) is 0. The van der Waals surface area contributed by atoms with Gasteiger partial charge in [0.15, 0.2) is 0 Å². The molecule has 2 fully saturated rings. The van der Waals surface area contributed by atoms with Crippen LogP contribution >= 0.6 is 0 Å². The molecular weight excluding hydrogens is 276 g/mol. The molecule has 2 atom stereocenters. The second-order valence-electron chi connectivity index (χ2n) is 6.31. The van der Waals surface area contributed by atoms with Crippen LogP contribution in [0.1, 0.15) is 26.7 Å². The molecule has 21 heavy (non-hydrogen) atoms. The summed E-state index contributed by atoms with van der Waals surface area (Å²) in [4.78, 5) is 4.34. The summed E-state index contributed by atoms with van der Waals surface area (Å²) in [5.74, 6) is 0. The molecule has 0 saturated carbocycles. The predicted octanol–water partition coefficient (Wildman–Crippen LogP) is 1.41. The summed E-state index contributed by atoms with van der Waals surface area (Å²) in [7, 11) is 0. The van der Waals surface area contributed by atoms with Crippen molar-refractivity contribution >= 4 is 0 Å². The molecule has 0 spiro atoms. The summed E-state index contributed by atoms with van der Waals surface area (Å²) in [6.07, 6.45) is -0.283. The Kier molecular flexibility index (Phi) is 6.79. The molecule has 124 valence electrons. The van der Waals surface area contributed by atoms with E-state index >= 15 is 0 Å². The lowest BCUT2D eigenvalue weighted by molar-refractivity contribution is 0.0115. The SMILES string of the molecule is C[C@H](NC1CCN(CC(F)F)CC1)[C@H](C)N1CCOCC1. The topological polar surface area (TPSA) is 27.7 Å². The number of nitrogens with one attached hydrogen (secondary N) is 1. The van der Waals surface area contributed by atoms with Crippen molar-refractivity contribution in [2.75, 3.05) is 45.9 Å². The van der Waals surface area contributed by atoms with Gasteiger partial charge < -0.3 is 10.1 Å². The Balaban J connectivity index is 1.69. The maximum absolute atomic E-state index is 12.4. The maximum Gasteiger partial charge on any atom is 0.251 e. The van der Waals surface area contributed by atoms with E-state index in [2.05, 4.69) is 24.1 Å². The summed E-state index contributed by atoms with van der Waals surface area (Å²) >= 11 is 0. The number of morpholine rings is 1.